The minimum atomic E-state index is -0.922. The molecule has 1 fully saturated rings. The number of thiazole rings is 1. The average Bonchev–Trinajstić information content (AvgIpc) is 3.39. The molecule has 0 saturated carbocycles. The number of hydrogen-bond donors (Lipinski definition) is 1. The van der Waals surface area contributed by atoms with Crippen molar-refractivity contribution in [1.29, 1.82) is 0 Å². The maximum absolute atomic E-state index is 13.3. The van der Waals surface area contributed by atoms with Crippen molar-refractivity contribution in [3.63, 3.8) is 0 Å². The molecular weight excluding hydrogens is 476 g/mol. The van der Waals surface area contributed by atoms with E-state index in [0.29, 0.717) is 22.7 Å². The SMILES string of the molecule is C=CCOC(=O)c1sc(N2C(=O)C(=O)/C(=C(\O)c3ccccc3)C2c2ccc(C(C)C)cc2)nc1C. The maximum atomic E-state index is 13.3. The van der Waals surface area contributed by atoms with Crippen molar-refractivity contribution in [2.24, 2.45) is 0 Å². The molecule has 2 heterocycles. The second kappa shape index (κ2) is 10.3. The molecule has 0 bridgehead atoms. The number of aromatic nitrogens is 1. The number of esters is 1. The van der Waals surface area contributed by atoms with Crippen LogP contribution in [-0.4, -0.2) is 34.4 Å². The van der Waals surface area contributed by atoms with Crippen molar-refractivity contribution in [2.45, 2.75) is 32.7 Å². The molecule has 1 saturated heterocycles. The molecule has 2 aromatic carbocycles. The van der Waals surface area contributed by atoms with Crippen molar-refractivity contribution in [3.05, 3.63) is 100 Å². The number of anilines is 1. The first-order chi connectivity index (χ1) is 17.2. The monoisotopic (exact) mass is 502 g/mol. The van der Waals surface area contributed by atoms with E-state index in [-0.39, 0.29) is 27.9 Å². The molecule has 1 aliphatic heterocycles. The highest BCUT2D eigenvalue weighted by Gasteiger charge is 2.48. The minimum Gasteiger partial charge on any atom is -0.507 e. The normalized spacial score (nSPS) is 17.0. The number of benzene rings is 2. The zero-order chi connectivity index (χ0) is 26.0. The predicted molar refractivity (Wildman–Crippen MR) is 139 cm³/mol. The van der Waals surface area contributed by atoms with Crippen LogP contribution < -0.4 is 4.90 Å². The van der Waals surface area contributed by atoms with Gasteiger partial charge in [-0.15, -0.1) is 0 Å². The number of hydrogen-bond acceptors (Lipinski definition) is 7. The van der Waals surface area contributed by atoms with Crippen molar-refractivity contribution in [1.82, 2.24) is 4.98 Å². The Labute approximate surface area is 213 Å². The van der Waals surface area contributed by atoms with E-state index in [0.717, 1.165) is 16.9 Å². The van der Waals surface area contributed by atoms with E-state index < -0.39 is 23.7 Å². The summed E-state index contributed by atoms with van der Waals surface area (Å²) in [7, 11) is 0. The number of amides is 1. The number of nitrogens with zero attached hydrogens (tertiary/aromatic N) is 2. The van der Waals surface area contributed by atoms with Gasteiger partial charge in [0.15, 0.2) is 5.13 Å². The maximum Gasteiger partial charge on any atom is 0.350 e. The third kappa shape index (κ3) is 4.59. The van der Waals surface area contributed by atoms with E-state index >= 15 is 0 Å². The first-order valence-corrected chi connectivity index (χ1v) is 12.3. The van der Waals surface area contributed by atoms with Crippen LogP contribution >= 0.6 is 11.3 Å². The van der Waals surface area contributed by atoms with Crippen LogP contribution in [-0.2, 0) is 14.3 Å². The molecule has 0 aliphatic carbocycles. The summed E-state index contributed by atoms with van der Waals surface area (Å²) in [6.45, 7) is 9.35. The summed E-state index contributed by atoms with van der Waals surface area (Å²) in [4.78, 5) is 45.0. The molecule has 7 nitrogen and oxygen atoms in total. The van der Waals surface area contributed by atoms with Gasteiger partial charge in [0.25, 0.3) is 5.78 Å². The zero-order valence-corrected chi connectivity index (χ0v) is 21.0. The first kappa shape index (κ1) is 25.1. The Hall–Kier alpha value is -4.04. The van der Waals surface area contributed by atoms with Gasteiger partial charge >= 0.3 is 11.9 Å². The lowest BCUT2D eigenvalue weighted by Gasteiger charge is -2.23. The highest BCUT2D eigenvalue weighted by molar-refractivity contribution is 7.17. The highest BCUT2D eigenvalue weighted by atomic mass is 32.1. The van der Waals surface area contributed by atoms with Crippen molar-refractivity contribution < 1.29 is 24.2 Å². The molecule has 8 heteroatoms. The third-order valence-electron chi connectivity index (χ3n) is 5.92. The van der Waals surface area contributed by atoms with Gasteiger partial charge in [-0.3, -0.25) is 14.5 Å². The van der Waals surface area contributed by atoms with Crippen LogP contribution in [0.1, 0.15) is 57.9 Å². The molecule has 1 amide bonds. The zero-order valence-electron chi connectivity index (χ0n) is 20.2. The fourth-order valence-electron chi connectivity index (χ4n) is 4.03. The fourth-order valence-corrected chi connectivity index (χ4v) is 5.02. The molecule has 184 valence electrons. The van der Waals surface area contributed by atoms with Gasteiger partial charge in [0.2, 0.25) is 0 Å². The lowest BCUT2D eigenvalue weighted by atomic mass is 9.93. The van der Waals surface area contributed by atoms with Crippen LogP contribution in [0.3, 0.4) is 0 Å². The fraction of sp³-hybridized carbons (Fsp3) is 0.214. The number of aryl methyl sites for hydroxylation is 1. The summed E-state index contributed by atoms with van der Waals surface area (Å²) in [5, 5.41) is 11.3. The van der Waals surface area contributed by atoms with E-state index in [9.17, 15) is 19.5 Å². The summed E-state index contributed by atoms with van der Waals surface area (Å²) in [5.41, 5.74) is 2.49. The third-order valence-corrected chi connectivity index (χ3v) is 7.06. The van der Waals surface area contributed by atoms with Gasteiger partial charge in [0.1, 0.15) is 17.2 Å². The van der Waals surface area contributed by atoms with Crippen LogP contribution in [0.5, 0.6) is 0 Å². The van der Waals surface area contributed by atoms with Gasteiger partial charge in [-0.1, -0.05) is 92.4 Å². The average molecular weight is 503 g/mol. The van der Waals surface area contributed by atoms with E-state index in [1.807, 2.05) is 24.3 Å². The van der Waals surface area contributed by atoms with Crippen LogP contribution in [0.4, 0.5) is 5.13 Å². The molecule has 1 unspecified atom stereocenters. The molecule has 0 radical (unpaired) electrons. The summed E-state index contributed by atoms with van der Waals surface area (Å²) in [6, 6.07) is 15.3. The number of aliphatic hydroxyl groups excluding tert-OH is 1. The minimum absolute atomic E-state index is 0.0351. The number of ketones is 1. The molecule has 36 heavy (non-hydrogen) atoms. The van der Waals surface area contributed by atoms with Crippen molar-refractivity contribution >= 4 is 39.9 Å². The second-order valence-electron chi connectivity index (χ2n) is 8.65. The Morgan fingerprint density at radius 2 is 1.83 bits per heavy atom. The molecular formula is C28H26N2O5S. The van der Waals surface area contributed by atoms with E-state index in [4.69, 9.17) is 4.74 Å². The Balaban J connectivity index is 1.88. The molecule has 3 aromatic rings. The standard InChI is InChI=1S/C28H26N2O5S/c1-5-15-35-27(34)25-17(4)29-28(36-25)30-22(19-13-11-18(12-14-19)16(2)3)21(24(32)26(30)33)23(31)20-9-7-6-8-10-20/h5-14,16,22,31H,1,15H2,2-4H3/b23-21-. The molecule has 1 N–H and O–H groups in total. The van der Waals surface area contributed by atoms with E-state index in [2.05, 4.69) is 25.4 Å². The number of carbonyl (C=O) groups excluding carboxylic acids is 3. The predicted octanol–water partition coefficient (Wildman–Crippen LogP) is 5.54. The largest absolute Gasteiger partial charge is 0.507 e. The Morgan fingerprint density at radius 1 is 1.17 bits per heavy atom. The number of aliphatic hydroxyl groups is 1. The van der Waals surface area contributed by atoms with Gasteiger partial charge in [0, 0.05) is 5.56 Å². The van der Waals surface area contributed by atoms with Crippen LogP contribution in [0.15, 0.2) is 72.8 Å². The van der Waals surface area contributed by atoms with Crippen LogP contribution in [0, 0.1) is 6.92 Å². The van der Waals surface area contributed by atoms with Crippen molar-refractivity contribution in [3.8, 4) is 0 Å². The summed E-state index contributed by atoms with van der Waals surface area (Å²) in [5.74, 6) is -2.22. The topological polar surface area (TPSA) is 96.8 Å². The van der Waals surface area contributed by atoms with Crippen molar-refractivity contribution in [2.75, 3.05) is 11.5 Å². The molecule has 0 spiro atoms. The molecule has 1 atom stereocenters. The number of Topliss-reactive ketones (excluding diaryl/α,β-unsaturated/α-hetero) is 1. The van der Waals surface area contributed by atoms with Crippen LogP contribution in [0.25, 0.3) is 5.76 Å². The lowest BCUT2D eigenvalue weighted by Crippen LogP contribution is -2.29. The van der Waals surface area contributed by atoms with E-state index in [1.165, 1.54) is 11.0 Å². The summed E-state index contributed by atoms with van der Waals surface area (Å²) < 4.78 is 5.14. The number of ether oxygens (including phenoxy) is 1. The number of rotatable bonds is 7. The van der Waals surface area contributed by atoms with Gasteiger partial charge in [-0.25, -0.2) is 9.78 Å². The Kier molecular flexibility index (Phi) is 7.17. The molecule has 1 aliphatic rings. The summed E-state index contributed by atoms with van der Waals surface area (Å²) >= 11 is 0.966. The van der Waals surface area contributed by atoms with E-state index in [1.54, 1.807) is 37.3 Å². The van der Waals surface area contributed by atoms with Gasteiger partial charge in [0.05, 0.1) is 17.3 Å². The highest BCUT2D eigenvalue weighted by Crippen LogP contribution is 2.44. The summed E-state index contributed by atoms with van der Waals surface area (Å²) in [6.07, 6.45) is 1.46. The Bertz CT molecular complexity index is 1360. The van der Waals surface area contributed by atoms with Gasteiger partial charge in [-0.05, 0) is 24.0 Å². The Morgan fingerprint density at radius 3 is 2.44 bits per heavy atom. The molecule has 1 aromatic heterocycles. The quantitative estimate of drug-likeness (QED) is 0.150. The molecule has 4 rings (SSSR count). The number of carbonyl (C=O) groups is 3. The lowest BCUT2D eigenvalue weighted by molar-refractivity contribution is -0.132. The van der Waals surface area contributed by atoms with Gasteiger partial charge in [-0.2, -0.15) is 0 Å². The smallest absolute Gasteiger partial charge is 0.350 e. The van der Waals surface area contributed by atoms with Crippen LogP contribution in [0.2, 0.25) is 0 Å². The first-order valence-electron chi connectivity index (χ1n) is 11.5. The van der Waals surface area contributed by atoms with Gasteiger partial charge < -0.3 is 9.84 Å². The second-order valence-corrected chi connectivity index (χ2v) is 9.63.